The molecule has 0 aromatic heterocycles. The number of carbonyl (C=O) groups excluding carboxylic acids is 2. The van der Waals surface area contributed by atoms with Crippen molar-refractivity contribution >= 4 is 29.1 Å². The van der Waals surface area contributed by atoms with Gasteiger partial charge >= 0.3 is 5.97 Å². The number of piperidine rings is 3. The van der Waals surface area contributed by atoms with E-state index in [0.717, 1.165) is 24.3 Å². The second-order valence-electron chi connectivity index (χ2n) is 12.6. The molecule has 0 radical (unpaired) electrons. The average molecular weight is 582 g/mol. The summed E-state index contributed by atoms with van der Waals surface area (Å²) >= 11 is 5.77. The molecule has 0 spiro atoms. The van der Waals surface area contributed by atoms with Crippen molar-refractivity contribution in [3.05, 3.63) is 48.1 Å². The first-order chi connectivity index (χ1) is 19.6. The fourth-order valence-corrected chi connectivity index (χ4v) is 6.83. The fourth-order valence-electron chi connectivity index (χ4n) is 6.41. The summed E-state index contributed by atoms with van der Waals surface area (Å²) in [5, 5.41) is 5.41. The molecular formula is C32H43N3O5S. The highest BCUT2D eigenvalue weighted by atomic mass is 32.1. The Morgan fingerprint density at radius 2 is 1.71 bits per heavy atom. The van der Waals surface area contributed by atoms with Crippen molar-refractivity contribution in [2.75, 3.05) is 33.3 Å². The molecule has 1 aromatic rings. The summed E-state index contributed by atoms with van der Waals surface area (Å²) < 4.78 is 11.2. The predicted octanol–water partition coefficient (Wildman–Crippen LogP) is 4.94. The molecule has 1 aromatic carbocycles. The van der Waals surface area contributed by atoms with Crippen LogP contribution in [0.25, 0.3) is 0 Å². The first-order valence-corrected chi connectivity index (χ1v) is 15.3. The van der Waals surface area contributed by atoms with E-state index in [2.05, 4.69) is 29.6 Å². The molecule has 41 heavy (non-hydrogen) atoms. The predicted molar refractivity (Wildman–Crippen MR) is 162 cm³/mol. The second-order valence-corrected chi connectivity index (χ2v) is 13.1. The molecule has 0 saturated carbocycles. The number of nitrogens with zero attached hydrogens (tertiary/aromatic N) is 2. The molecule has 1 N–H and O–H groups in total. The van der Waals surface area contributed by atoms with Crippen LogP contribution in [0.4, 0.5) is 0 Å². The van der Waals surface area contributed by atoms with Gasteiger partial charge in [-0.1, -0.05) is 36.5 Å². The zero-order valence-corrected chi connectivity index (χ0v) is 25.5. The summed E-state index contributed by atoms with van der Waals surface area (Å²) in [5.41, 5.74) is 0.0596. The highest BCUT2D eigenvalue weighted by Crippen LogP contribution is 2.37. The lowest BCUT2D eigenvalue weighted by Gasteiger charge is -2.42. The quantitative estimate of drug-likeness (QED) is 0.374. The molecule has 5 rings (SSSR count). The van der Waals surface area contributed by atoms with Crippen LogP contribution in [-0.2, 0) is 9.53 Å². The molecule has 3 heterocycles. The SMILES string of the molecule is COc1cc(ON2CCC(C(=O)OC(C)(C)C)CC2)ccc1C(=O)N1CCC(C2CC3C=CC=CC3NC2=S)CC1. The molecule has 3 fully saturated rings. The van der Waals surface area contributed by atoms with Crippen LogP contribution in [0.2, 0.25) is 0 Å². The summed E-state index contributed by atoms with van der Waals surface area (Å²) in [6.45, 7) is 8.32. The van der Waals surface area contributed by atoms with Crippen LogP contribution in [0.1, 0.15) is 63.2 Å². The molecule has 0 bridgehead atoms. The summed E-state index contributed by atoms with van der Waals surface area (Å²) in [7, 11) is 1.58. The van der Waals surface area contributed by atoms with Gasteiger partial charge in [0.05, 0.1) is 29.6 Å². The van der Waals surface area contributed by atoms with Gasteiger partial charge in [-0.3, -0.25) is 9.59 Å². The highest BCUT2D eigenvalue weighted by Gasteiger charge is 2.38. The molecule has 1 aliphatic carbocycles. The van der Waals surface area contributed by atoms with Crippen molar-refractivity contribution in [3.8, 4) is 11.5 Å². The van der Waals surface area contributed by atoms with Crippen molar-refractivity contribution in [2.24, 2.45) is 23.7 Å². The molecule has 3 aliphatic heterocycles. The number of benzene rings is 1. The number of hydrogen-bond acceptors (Lipinski definition) is 7. The van der Waals surface area contributed by atoms with Gasteiger partial charge in [-0.05, 0) is 70.9 Å². The van der Waals surface area contributed by atoms with Gasteiger partial charge in [0, 0.05) is 44.1 Å². The monoisotopic (exact) mass is 581 g/mol. The Balaban J connectivity index is 1.13. The number of esters is 1. The summed E-state index contributed by atoms with van der Waals surface area (Å²) in [6.07, 6.45) is 13.0. The van der Waals surface area contributed by atoms with Gasteiger partial charge in [-0.25, -0.2) is 0 Å². The molecule has 3 atom stereocenters. The number of amides is 1. The van der Waals surface area contributed by atoms with Gasteiger partial charge in [0.1, 0.15) is 11.4 Å². The van der Waals surface area contributed by atoms with Gasteiger partial charge < -0.3 is 24.5 Å². The zero-order chi connectivity index (χ0) is 29.1. The normalized spacial score (nSPS) is 25.8. The van der Waals surface area contributed by atoms with Crippen LogP contribution < -0.4 is 14.9 Å². The Hall–Kier alpha value is -2.91. The Kier molecular flexibility index (Phi) is 9.04. The van der Waals surface area contributed by atoms with Crippen LogP contribution in [0.3, 0.4) is 0 Å². The first-order valence-electron chi connectivity index (χ1n) is 14.9. The highest BCUT2D eigenvalue weighted by molar-refractivity contribution is 7.80. The van der Waals surface area contributed by atoms with Crippen molar-refractivity contribution in [2.45, 2.75) is 64.5 Å². The second kappa shape index (κ2) is 12.5. The third kappa shape index (κ3) is 7.12. The van der Waals surface area contributed by atoms with Gasteiger partial charge in [-0.2, -0.15) is 0 Å². The Morgan fingerprint density at radius 3 is 2.39 bits per heavy atom. The van der Waals surface area contributed by atoms with Crippen LogP contribution in [0.15, 0.2) is 42.5 Å². The summed E-state index contributed by atoms with van der Waals surface area (Å²) in [5.74, 6) is 2.16. The maximum absolute atomic E-state index is 13.5. The van der Waals surface area contributed by atoms with E-state index in [4.69, 9.17) is 26.5 Å². The van der Waals surface area contributed by atoms with Crippen LogP contribution in [0.5, 0.6) is 11.5 Å². The topological polar surface area (TPSA) is 80.3 Å². The first kappa shape index (κ1) is 29.6. The average Bonchev–Trinajstić information content (AvgIpc) is 2.96. The maximum atomic E-state index is 13.5. The number of ether oxygens (including phenoxy) is 2. The number of hydroxylamine groups is 2. The third-order valence-electron chi connectivity index (χ3n) is 8.65. The Morgan fingerprint density at radius 1 is 1.00 bits per heavy atom. The van der Waals surface area contributed by atoms with E-state index in [0.29, 0.717) is 79.9 Å². The summed E-state index contributed by atoms with van der Waals surface area (Å²) in [6, 6.07) is 5.69. The molecule has 222 valence electrons. The molecule has 9 heteroatoms. The van der Waals surface area contributed by atoms with Gasteiger partial charge in [0.2, 0.25) is 0 Å². The van der Waals surface area contributed by atoms with Crippen molar-refractivity contribution in [3.63, 3.8) is 0 Å². The minimum absolute atomic E-state index is 0.0187. The Labute approximate surface area is 249 Å². The number of rotatable bonds is 6. The zero-order valence-electron chi connectivity index (χ0n) is 24.6. The van der Waals surface area contributed by atoms with E-state index in [1.165, 1.54) is 0 Å². The van der Waals surface area contributed by atoms with Gasteiger partial charge in [0.25, 0.3) is 5.91 Å². The molecule has 1 amide bonds. The number of methoxy groups -OCH3 is 1. The van der Waals surface area contributed by atoms with E-state index in [1.807, 2.05) is 36.8 Å². The third-order valence-corrected chi connectivity index (χ3v) is 9.07. The lowest BCUT2D eigenvalue weighted by molar-refractivity contribution is -0.165. The minimum atomic E-state index is -0.481. The number of thiocarbonyl (C=S) groups is 1. The fraction of sp³-hybridized carbons (Fsp3) is 0.594. The van der Waals surface area contributed by atoms with Crippen LogP contribution in [0, 0.1) is 23.7 Å². The number of allylic oxidation sites excluding steroid dienone is 2. The molecule has 3 unspecified atom stereocenters. The van der Waals surface area contributed by atoms with E-state index in [-0.39, 0.29) is 17.8 Å². The molecule has 3 saturated heterocycles. The van der Waals surface area contributed by atoms with Gasteiger partial charge in [0.15, 0.2) is 5.75 Å². The summed E-state index contributed by atoms with van der Waals surface area (Å²) in [4.78, 5) is 34.9. The van der Waals surface area contributed by atoms with Crippen LogP contribution in [-0.4, -0.2) is 71.8 Å². The number of nitrogens with one attached hydrogen (secondary N) is 1. The van der Waals surface area contributed by atoms with Crippen molar-refractivity contribution in [1.82, 2.24) is 15.3 Å². The molecular weight excluding hydrogens is 538 g/mol. The minimum Gasteiger partial charge on any atom is -0.496 e. The largest absolute Gasteiger partial charge is 0.496 e. The smallest absolute Gasteiger partial charge is 0.309 e. The number of hydrogen-bond donors (Lipinski definition) is 1. The van der Waals surface area contributed by atoms with Gasteiger partial charge in [-0.15, -0.1) is 5.06 Å². The van der Waals surface area contributed by atoms with E-state index in [1.54, 1.807) is 19.2 Å². The number of carbonyl (C=O) groups is 2. The van der Waals surface area contributed by atoms with E-state index in [9.17, 15) is 9.59 Å². The maximum Gasteiger partial charge on any atom is 0.309 e. The lowest BCUT2D eigenvalue weighted by atomic mass is 9.74. The van der Waals surface area contributed by atoms with Crippen molar-refractivity contribution in [1.29, 1.82) is 0 Å². The van der Waals surface area contributed by atoms with Crippen LogP contribution >= 0.6 is 12.2 Å². The lowest BCUT2D eigenvalue weighted by Crippen LogP contribution is -2.51. The van der Waals surface area contributed by atoms with E-state index >= 15 is 0 Å². The Bertz CT molecular complexity index is 1190. The molecule has 8 nitrogen and oxygen atoms in total. The standard InChI is InChI=1S/C32H43N3O5S/c1-32(2,3)39-31(37)22-13-17-35(18-14-22)40-24-9-10-25(28(20-24)38-4)30(36)34-15-11-21(12-16-34)26-19-23-7-5-6-8-27(23)33-29(26)41/h5-10,20-23,26-27H,11-19H2,1-4H3,(H,33,41). The van der Waals surface area contributed by atoms with Crippen molar-refractivity contribution < 1.29 is 23.9 Å². The number of fused-ring (bicyclic) bond motifs is 1. The number of likely N-dealkylation sites (tertiary alicyclic amines) is 1. The molecule has 4 aliphatic rings. The van der Waals surface area contributed by atoms with E-state index < -0.39 is 5.60 Å².